The Morgan fingerprint density at radius 2 is 1.67 bits per heavy atom. The molecule has 0 aliphatic carbocycles. The van der Waals surface area contributed by atoms with Crippen LogP contribution in [0.1, 0.15) is 39.2 Å². The Morgan fingerprint density at radius 1 is 1.04 bits per heavy atom. The van der Waals surface area contributed by atoms with E-state index in [2.05, 4.69) is 29.5 Å². The van der Waals surface area contributed by atoms with Gasteiger partial charge in [-0.15, -0.1) is 24.0 Å². The number of rotatable bonds is 13. The first kappa shape index (κ1) is 25.9. The molecule has 0 saturated heterocycles. The second-order valence-corrected chi connectivity index (χ2v) is 6.19. The smallest absolute Gasteiger partial charge is 0.191 e. The zero-order valence-corrected chi connectivity index (χ0v) is 19.5. The average molecular weight is 493 g/mol. The molecule has 0 unspecified atom stereocenters. The lowest BCUT2D eigenvalue weighted by molar-refractivity contribution is 0.0776. The van der Waals surface area contributed by atoms with Gasteiger partial charge >= 0.3 is 0 Å². The minimum absolute atomic E-state index is 0. The molecule has 0 saturated carbocycles. The number of guanidine groups is 1. The summed E-state index contributed by atoms with van der Waals surface area (Å²) in [7, 11) is 1.67. The van der Waals surface area contributed by atoms with Crippen LogP contribution in [0.4, 0.5) is 0 Å². The fourth-order valence-corrected chi connectivity index (χ4v) is 2.20. The van der Waals surface area contributed by atoms with Crippen LogP contribution in [-0.4, -0.2) is 52.1 Å². The van der Waals surface area contributed by atoms with Crippen LogP contribution in [0.3, 0.4) is 0 Å². The number of methoxy groups -OCH3 is 1. The summed E-state index contributed by atoms with van der Waals surface area (Å²) in [5, 5.41) is 6.74. The molecule has 156 valence electrons. The van der Waals surface area contributed by atoms with Crippen LogP contribution in [0.15, 0.2) is 29.3 Å². The summed E-state index contributed by atoms with van der Waals surface area (Å²) in [6.45, 7) is 10.7. The Hall–Kier alpha value is -1.06. The molecular weight excluding hydrogens is 457 g/mol. The highest BCUT2D eigenvalue weighted by molar-refractivity contribution is 14.0. The first-order chi connectivity index (χ1) is 12.7. The molecule has 6 nitrogen and oxygen atoms in total. The van der Waals surface area contributed by atoms with Crippen molar-refractivity contribution in [1.29, 1.82) is 0 Å². The molecule has 1 rings (SSSR count). The fraction of sp³-hybridized carbons (Fsp3) is 0.650. The van der Waals surface area contributed by atoms with Gasteiger partial charge in [-0.1, -0.05) is 12.1 Å². The molecule has 0 spiro atoms. The summed E-state index contributed by atoms with van der Waals surface area (Å²) < 4.78 is 16.1. The van der Waals surface area contributed by atoms with Crippen LogP contribution in [0.5, 0.6) is 5.75 Å². The third kappa shape index (κ3) is 13.7. The first-order valence-corrected chi connectivity index (χ1v) is 9.50. The Balaban J connectivity index is 0.00000676. The fourth-order valence-electron chi connectivity index (χ4n) is 2.20. The van der Waals surface area contributed by atoms with Crippen molar-refractivity contribution in [2.24, 2.45) is 4.99 Å². The Kier molecular flexibility index (Phi) is 16.4. The Morgan fingerprint density at radius 3 is 2.22 bits per heavy atom. The van der Waals surface area contributed by atoms with Gasteiger partial charge in [0, 0.05) is 32.9 Å². The average Bonchev–Trinajstić information content (AvgIpc) is 2.65. The molecule has 0 aliphatic rings. The van der Waals surface area contributed by atoms with Crippen molar-refractivity contribution in [3.63, 3.8) is 0 Å². The first-order valence-electron chi connectivity index (χ1n) is 9.50. The molecule has 0 aromatic heterocycles. The van der Waals surface area contributed by atoms with E-state index in [4.69, 9.17) is 14.2 Å². The van der Waals surface area contributed by atoms with Crippen LogP contribution in [0, 0.1) is 0 Å². The van der Waals surface area contributed by atoms with Gasteiger partial charge in [-0.05, 0) is 51.3 Å². The second kappa shape index (κ2) is 17.1. The monoisotopic (exact) mass is 493 g/mol. The summed E-state index contributed by atoms with van der Waals surface area (Å²) >= 11 is 0. The topological polar surface area (TPSA) is 64.1 Å². The highest BCUT2D eigenvalue weighted by Gasteiger charge is 2.00. The normalized spacial score (nSPS) is 11.2. The second-order valence-electron chi connectivity index (χ2n) is 6.19. The molecule has 0 radical (unpaired) electrons. The van der Waals surface area contributed by atoms with E-state index in [1.807, 2.05) is 31.2 Å². The molecular formula is C20H36IN3O3. The highest BCUT2D eigenvalue weighted by Crippen LogP contribution is 2.11. The van der Waals surface area contributed by atoms with Crippen molar-refractivity contribution >= 4 is 29.9 Å². The van der Waals surface area contributed by atoms with Gasteiger partial charge < -0.3 is 24.8 Å². The van der Waals surface area contributed by atoms with Gasteiger partial charge in [0.2, 0.25) is 0 Å². The molecule has 0 fully saturated rings. The number of benzene rings is 1. The lowest BCUT2D eigenvalue weighted by Crippen LogP contribution is -2.39. The predicted octanol–water partition coefficient (Wildman–Crippen LogP) is 3.59. The molecule has 0 bridgehead atoms. The summed E-state index contributed by atoms with van der Waals surface area (Å²) in [5.74, 6) is 1.68. The van der Waals surface area contributed by atoms with E-state index in [0.29, 0.717) is 6.54 Å². The molecule has 0 amide bonds. The van der Waals surface area contributed by atoms with E-state index < -0.39 is 0 Å². The molecule has 0 atom stereocenters. The molecule has 0 aliphatic heterocycles. The third-order valence-electron chi connectivity index (χ3n) is 3.61. The quantitative estimate of drug-likeness (QED) is 0.190. The lowest BCUT2D eigenvalue weighted by atomic mass is 10.2. The Labute approximate surface area is 181 Å². The lowest BCUT2D eigenvalue weighted by Gasteiger charge is -2.13. The van der Waals surface area contributed by atoms with Gasteiger partial charge in [-0.3, -0.25) is 0 Å². The van der Waals surface area contributed by atoms with Crippen molar-refractivity contribution < 1.29 is 14.2 Å². The van der Waals surface area contributed by atoms with E-state index in [9.17, 15) is 0 Å². The van der Waals surface area contributed by atoms with Gasteiger partial charge in [0.25, 0.3) is 0 Å². The number of hydrogen-bond acceptors (Lipinski definition) is 4. The van der Waals surface area contributed by atoms with Gasteiger partial charge in [0.15, 0.2) is 5.96 Å². The van der Waals surface area contributed by atoms with Gasteiger partial charge in [0.1, 0.15) is 5.75 Å². The van der Waals surface area contributed by atoms with Crippen LogP contribution < -0.4 is 15.4 Å². The van der Waals surface area contributed by atoms with E-state index in [-0.39, 0.29) is 30.1 Å². The van der Waals surface area contributed by atoms with E-state index in [1.54, 1.807) is 7.11 Å². The van der Waals surface area contributed by atoms with Crippen molar-refractivity contribution in [3.05, 3.63) is 29.8 Å². The van der Waals surface area contributed by atoms with Crippen molar-refractivity contribution in [2.45, 2.75) is 46.3 Å². The van der Waals surface area contributed by atoms with E-state index in [0.717, 1.165) is 63.0 Å². The molecule has 0 heterocycles. The number of nitrogens with zero attached hydrogens (tertiary/aromatic N) is 1. The number of halogens is 1. The number of hydrogen-bond donors (Lipinski definition) is 2. The maximum absolute atomic E-state index is 5.57. The zero-order valence-electron chi connectivity index (χ0n) is 17.1. The largest absolute Gasteiger partial charge is 0.497 e. The van der Waals surface area contributed by atoms with Crippen LogP contribution >= 0.6 is 24.0 Å². The maximum Gasteiger partial charge on any atom is 0.191 e. The minimum atomic E-state index is 0. The number of nitrogens with one attached hydrogen (secondary N) is 2. The molecule has 27 heavy (non-hydrogen) atoms. The number of ether oxygens (including phenoxy) is 3. The summed E-state index contributed by atoms with van der Waals surface area (Å²) in [6.07, 6.45) is 2.17. The van der Waals surface area contributed by atoms with Crippen molar-refractivity contribution in [1.82, 2.24) is 10.6 Å². The molecule has 2 N–H and O–H groups in total. The summed E-state index contributed by atoms with van der Waals surface area (Å²) in [6, 6.07) is 7.98. The zero-order chi connectivity index (χ0) is 19.0. The molecule has 1 aromatic carbocycles. The standard InChI is InChI=1S/C20H35N3O3.HI/c1-5-25-14-6-12-21-20(22-13-7-15-26-17(2)3)23-16-18-8-10-19(24-4)11-9-18;/h8-11,17H,5-7,12-16H2,1-4H3,(H2,21,22,23);1H. The third-order valence-corrected chi connectivity index (χ3v) is 3.61. The number of aliphatic imine (C=N–C) groups is 1. The minimum Gasteiger partial charge on any atom is -0.497 e. The van der Waals surface area contributed by atoms with Gasteiger partial charge in [-0.2, -0.15) is 0 Å². The molecule has 1 aromatic rings. The van der Waals surface area contributed by atoms with Gasteiger partial charge in [0.05, 0.1) is 19.8 Å². The Bertz CT molecular complexity index is 496. The summed E-state index contributed by atoms with van der Waals surface area (Å²) in [4.78, 5) is 4.67. The predicted molar refractivity (Wildman–Crippen MR) is 122 cm³/mol. The van der Waals surface area contributed by atoms with Crippen molar-refractivity contribution in [3.8, 4) is 5.75 Å². The maximum atomic E-state index is 5.57. The van der Waals surface area contributed by atoms with E-state index in [1.165, 1.54) is 0 Å². The molecule has 7 heteroatoms. The van der Waals surface area contributed by atoms with Crippen molar-refractivity contribution in [2.75, 3.05) is 40.0 Å². The summed E-state index contributed by atoms with van der Waals surface area (Å²) in [5.41, 5.74) is 1.14. The van der Waals surface area contributed by atoms with Crippen LogP contribution in [0.2, 0.25) is 0 Å². The van der Waals surface area contributed by atoms with Gasteiger partial charge in [-0.25, -0.2) is 4.99 Å². The highest BCUT2D eigenvalue weighted by atomic mass is 127. The van der Waals surface area contributed by atoms with Crippen LogP contribution in [0.25, 0.3) is 0 Å². The van der Waals surface area contributed by atoms with Crippen LogP contribution in [-0.2, 0) is 16.0 Å². The van der Waals surface area contributed by atoms with E-state index >= 15 is 0 Å². The SMILES string of the molecule is CCOCCCNC(=NCc1ccc(OC)cc1)NCCCOC(C)C.I.